The summed E-state index contributed by atoms with van der Waals surface area (Å²) in [6.45, 7) is 5.26. The van der Waals surface area contributed by atoms with Crippen LogP contribution in [-0.2, 0) is 11.3 Å². The van der Waals surface area contributed by atoms with Gasteiger partial charge in [0.1, 0.15) is 11.1 Å². The molecule has 3 aromatic rings. The van der Waals surface area contributed by atoms with Gasteiger partial charge in [0, 0.05) is 36.8 Å². The molecule has 3 aromatic heterocycles. The summed E-state index contributed by atoms with van der Waals surface area (Å²) >= 11 is 3.33. The Morgan fingerprint density at radius 1 is 1.39 bits per heavy atom. The van der Waals surface area contributed by atoms with E-state index in [0.29, 0.717) is 0 Å². The number of morpholine rings is 1. The fraction of sp³-hybridized carbons (Fsp3) is 0.375. The third-order valence-electron chi connectivity index (χ3n) is 3.77. The van der Waals surface area contributed by atoms with Crippen molar-refractivity contribution >= 4 is 22.7 Å². The number of rotatable bonds is 4. The fourth-order valence-electron chi connectivity index (χ4n) is 2.67. The van der Waals surface area contributed by atoms with Gasteiger partial charge in [-0.15, -0.1) is 22.7 Å². The highest BCUT2D eigenvalue weighted by atomic mass is 32.1. The van der Waals surface area contributed by atoms with Crippen molar-refractivity contribution in [3.8, 4) is 10.6 Å². The molecule has 1 aliphatic rings. The monoisotopic (exact) mass is 347 g/mol. The normalized spacial score (nSPS) is 19.3. The van der Waals surface area contributed by atoms with E-state index < -0.39 is 0 Å². The van der Waals surface area contributed by atoms with Crippen LogP contribution in [0.3, 0.4) is 0 Å². The molecule has 0 N–H and O–H groups in total. The Morgan fingerprint density at radius 2 is 2.35 bits per heavy atom. The maximum atomic E-state index is 5.87. The summed E-state index contributed by atoms with van der Waals surface area (Å²) in [6.07, 6.45) is 0.0612. The van der Waals surface area contributed by atoms with Gasteiger partial charge in [-0.1, -0.05) is 11.2 Å². The molecular weight excluding hydrogens is 330 g/mol. The molecule has 4 rings (SSSR count). The van der Waals surface area contributed by atoms with Gasteiger partial charge in [0.25, 0.3) is 0 Å². The van der Waals surface area contributed by atoms with Crippen molar-refractivity contribution in [1.29, 1.82) is 0 Å². The van der Waals surface area contributed by atoms with E-state index in [4.69, 9.17) is 9.26 Å². The first-order chi connectivity index (χ1) is 11.3. The van der Waals surface area contributed by atoms with E-state index in [9.17, 15) is 0 Å². The lowest BCUT2D eigenvalue weighted by atomic mass is 10.2. The van der Waals surface area contributed by atoms with Crippen molar-refractivity contribution in [2.24, 2.45) is 0 Å². The Hall–Kier alpha value is -1.54. The van der Waals surface area contributed by atoms with Crippen LogP contribution in [0.4, 0.5) is 0 Å². The lowest BCUT2D eigenvalue weighted by Crippen LogP contribution is -2.37. The molecule has 1 atom stereocenters. The van der Waals surface area contributed by atoms with E-state index in [1.165, 1.54) is 0 Å². The first kappa shape index (κ1) is 15.0. The molecule has 23 heavy (non-hydrogen) atoms. The summed E-state index contributed by atoms with van der Waals surface area (Å²) in [6, 6.07) is 6.10. The Labute approximate surface area is 142 Å². The first-order valence-electron chi connectivity index (χ1n) is 7.53. The van der Waals surface area contributed by atoms with Crippen molar-refractivity contribution < 1.29 is 9.26 Å². The molecule has 0 radical (unpaired) electrons. The van der Waals surface area contributed by atoms with E-state index in [1.807, 2.05) is 30.5 Å². The van der Waals surface area contributed by atoms with Gasteiger partial charge in [-0.25, -0.2) is 4.98 Å². The van der Waals surface area contributed by atoms with Crippen molar-refractivity contribution in [3.05, 3.63) is 45.4 Å². The molecule has 0 aliphatic carbocycles. The fourth-order valence-corrected chi connectivity index (χ4v) is 4.17. The van der Waals surface area contributed by atoms with Crippen LogP contribution >= 0.6 is 22.7 Å². The maximum absolute atomic E-state index is 5.87. The number of hydrogen-bond donors (Lipinski definition) is 0. The number of thiazole rings is 1. The number of hydrogen-bond acceptors (Lipinski definition) is 7. The van der Waals surface area contributed by atoms with Crippen molar-refractivity contribution in [2.75, 3.05) is 19.7 Å². The average Bonchev–Trinajstić information content (AvgIpc) is 3.28. The van der Waals surface area contributed by atoms with Crippen LogP contribution in [0.1, 0.15) is 22.5 Å². The molecule has 1 saturated heterocycles. The third kappa shape index (κ3) is 3.37. The van der Waals surface area contributed by atoms with Crippen molar-refractivity contribution in [3.63, 3.8) is 0 Å². The van der Waals surface area contributed by atoms with Crippen LogP contribution in [0.2, 0.25) is 0 Å². The average molecular weight is 347 g/mol. The Balaban J connectivity index is 1.42. The molecule has 5 nitrogen and oxygen atoms in total. The second kappa shape index (κ2) is 6.52. The van der Waals surface area contributed by atoms with Gasteiger partial charge < -0.3 is 9.26 Å². The number of ether oxygens (including phenoxy) is 1. The van der Waals surface area contributed by atoms with Crippen molar-refractivity contribution in [2.45, 2.75) is 19.6 Å². The summed E-state index contributed by atoms with van der Waals surface area (Å²) in [5.74, 6) is 0.843. The molecule has 120 valence electrons. The molecule has 7 heteroatoms. The van der Waals surface area contributed by atoms with Crippen LogP contribution in [0, 0.1) is 6.92 Å². The largest absolute Gasteiger partial charge is 0.368 e. The smallest absolute Gasteiger partial charge is 0.177 e. The predicted octanol–water partition coefficient (Wildman–Crippen LogP) is 3.74. The van der Waals surface area contributed by atoms with Gasteiger partial charge in [-0.2, -0.15) is 0 Å². The summed E-state index contributed by atoms with van der Waals surface area (Å²) < 4.78 is 11.3. The molecular formula is C16H17N3O2S2. The summed E-state index contributed by atoms with van der Waals surface area (Å²) in [5, 5.41) is 9.38. The van der Waals surface area contributed by atoms with E-state index >= 15 is 0 Å². The standard InChI is InChI=1S/C16H17N3O2S2/c1-11-10-23-16(17-11)14-9-19(4-5-20-14)8-12-7-13(21-18-12)15-3-2-6-22-15/h2-3,6-7,10,14H,4-5,8-9H2,1H3/t14-/m1/s1. The maximum Gasteiger partial charge on any atom is 0.177 e. The van der Waals surface area contributed by atoms with Gasteiger partial charge in [0.05, 0.1) is 17.2 Å². The highest BCUT2D eigenvalue weighted by molar-refractivity contribution is 7.13. The van der Waals surface area contributed by atoms with Crippen LogP contribution < -0.4 is 0 Å². The molecule has 0 spiro atoms. The summed E-state index contributed by atoms with van der Waals surface area (Å²) in [5.41, 5.74) is 2.02. The van der Waals surface area contributed by atoms with Gasteiger partial charge in [0.15, 0.2) is 5.76 Å². The number of aryl methyl sites for hydroxylation is 1. The quantitative estimate of drug-likeness (QED) is 0.719. The van der Waals surface area contributed by atoms with Crippen LogP contribution in [0.25, 0.3) is 10.6 Å². The van der Waals surface area contributed by atoms with E-state index in [-0.39, 0.29) is 6.10 Å². The molecule has 0 amide bonds. The van der Waals surface area contributed by atoms with Crippen LogP contribution in [-0.4, -0.2) is 34.7 Å². The Morgan fingerprint density at radius 3 is 3.13 bits per heavy atom. The topological polar surface area (TPSA) is 51.4 Å². The minimum atomic E-state index is 0.0612. The molecule has 0 aromatic carbocycles. The zero-order valence-corrected chi connectivity index (χ0v) is 14.4. The second-order valence-corrected chi connectivity index (χ2v) is 7.42. The second-order valence-electron chi connectivity index (χ2n) is 5.58. The van der Waals surface area contributed by atoms with Gasteiger partial charge in [-0.05, 0) is 18.4 Å². The van der Waals surface area contributed by atoms with Crippen LogP contribution in [0.5, 0.6) is 0 Å². The van der Waals surface area contributed by atoms with Gasteiger partial charge >= 0.3 is 0 Å². The Bertz CT molecular complexity index is 766. The number of nitrogens with zero attached hydrogens (tertiary/aromatic N) is 3. The van der Waals surface area contributed by atoms with E-state index in [0.717, 1.165) is 53.3 Å². The highest BCUT2D eigenvalue weighted by Gasteiger charge is 2.25. The molecule has 0 unspecified atom stereocenters. The van der Waals surface area contributed by atoms with Crippen LogP contribution in [0.15, 0.2) is 33.5 Å². The summed E-state index contributed by atoms with van der Waals surface area (Å²) in [4.78, 5) is 8.01. The zero-order valence-electron chi connectivity index (χ0n) is 12.8. The third-order valence-corrected chi connectivity index (χ3v) is 5.71. The SMILES string of the molecule is Cc1csc([C@H]2CN(Cc3cc(-c4cccs4)on3)CCO2)n1. The number of thiophene rings is 1. The highest BCUT2D eigenvalue weighted by Crippen LogP contribution is 2.28. The molecule has 4 heterocycles. The predicted molar refractivity (Wildman–Crippen MR) is 90.6 cm³/mol. The minimum Gasteiger partial charge on any atom is -0.368 e. The molecule has 0 bridgehead atoms. The lowest BCUT2D eigenvalue weighted by molar-refractivity contribution is -0.0336. The molecule has 0 saturated carbocycles. The Kier molecular flexibility index (Phi) is 4.26. The van der Waals surface area contributed by atoms with E-state index in [2.05, 4.69) is 20.4 Å². The van der Waals surface area contributed by atoms with Gasteiger partial charge in [0.2, 0.25) is 0 Å². The van der Waals surface area contributed by atoms with Gasteiger partial charge in [-0.3, -0.25) is 4.90 Å². The summed E-state index contributed by atoms with van der Waals surface area (Å²) in [7, 11) is 0. The lowest BCUT2D eigenvalue weighted by Gasteiger charge is -2.31. The number of aromatic nitrogens is 2. The first-order valence-corrected chi connectivity index (χ1v) is 9.29. The molecule has 1 aliphatic heterocycles. The minimum absolute atomic E-state index is 0.0612. The zero-order chi connectivity index (χ0) is 15.6. The van der Waals surface area contributed by atoms with Crippen molar-refractivity contribution in [1.82, 2.24) is 15.0 Å². The van der Waals surface area contributed by atoms with E-state index in [1.54, 1.807) is 22.7 Å². The molecule has 1 fully saturated rings.